The molecule has 0 spiro atoms. The number of fused-ring (bicyclic) bond motifs is 1. The Kier molecular flexibility index (Phi) is 4.07. The van der Waals surface area contributed by atoms with E-state index in [4.69, 9.17) is 4.74 Å². The van der Waals surface area contributed by atoms with Crippen LogP contribution in [0.5, 0.6) is 0 Å². The lowest BCUT2D eigenvalue weighted by molar-refractivity contribution is -0.176. The number of ether oxygens (including phenoxy) is 1. The molecule has 120 valence electrons. The molecule has 4 heteroatoms. The summed E-state index contributed by atoms with van der Waals surface area (Å²) in [7, 11) is 0. The van der Waals surface area contributed by atoms with E-state index in [2.05, 4.69) is 18.2 Å². The van der Waals surface area contributed by atoms with Crippen LogP contribution in [0.2, 0.25) is 0 Å². The molecule has 0 aromatic heterocycles. The number of amides is 1. The second-order valence-corrected chi connectivity index (χ2v) is 6.01. The fourth-order valence-electron chi connectivity index (χ4n) is 3.27. The van der Waals surface area contributed by atoms with E-state index in [9.17, 15) is 9.59 Å². The molecule has 0 saturated carbocycles. The topological polar surface area (TPSA) is 46.6 Å². The SMILES string of the molecule is CCOC(=O)[C@H]1C(C)C(=O)N1[C@H](C)c1ccc2ccccc2c1. The quantitative estimate of drug-likeness (QED) is 0.643. The average molecular weight is 311 g/mol. The lowest BCUT2D eigenvalue weighted by Crippen LogP contribution is -2.64. The number of benzene rings is 2. The van der Waals surface area contributed by atoms with Gasteiger partial charge in [-0.05, 0) is 36.2 Å². The molecule has 0 aliphatic carbocycles. The molecule has 0 N–H and O–H groups in total. The van der Waals surface area contributed by atoms with E-state index in [1.54, 1.807) is 18.7 Å². The first-order valence-electron chi connectivity index (χ1n) is 8.02. The maximum atomic E-state index is 12.3. The van der Waals surface area contributed by atoms with Gasteiger partial charge >= 0.3 is 5.97 Å². The Morgan fingerprint density at radius 3 is 2.61 bits per heavy atom. The third-order valence-electron chi connectivity index (χ3n) is 4.62. The highest BCUT2D eigenvalue weighted by Crippen LogP contribution is 2.36. The molecule has 3 rings (SSSR count). The van der Waals surface area contributed by atoms with Crippen molar-refractivity contribution in [1.82, 2.24) is 4.90 Å². The third-order valence-corrected chi connectivity index (χ3v) is 4.62. The van der Waals surface area contributed by atoms with Gasteiger partial charge < -0.3 is 9.64 Å². The van der Waals surface area contributed by atoms with E-state index in [1.165, 1.54) is 0 Å². The van der Waals surface area contributed by atoms with Crippen LogP contribution in [-0.2, 0) is 14.3 Å². The number of nitrogens with zero attached hydrogens (tertiary/aromatic N) is 1. The fourth-order valence-corrected chi connectivity index (χ4v) is 3.27. The van der Waals surface area contributed by atoms with Crippen molar-refractivity contribution in [2.45, 2.75) is 32.9 Å². The first kappa shape index (κ1) is 15.5. The summed E-state index contributed by atoms with van der Waals surface area (Å²) >= 11 is 0. The van der Waals surface area contributed by atoms with Crippen LogP contribution in [0.3, 0.4) is 0 Å². The molecular weight excluding hydrogens is 290 g/mol. The van der Waals surface area contributed by atoms with E-state index in [1.807, 2.05) is 31.2 Å². The van der Waals surface area contributed by atoms with Gasteiger partial charge in [0.15, 0.2) is 0 Å². The summed E-state index contributed by atoms with van der Waals surface area (Å²) in [5, 5.41) is 2.29. The highest BCUT2D eigenvalue weighted by atomic mass is 16.5. The first-order valence-corrected chi connectivity index (χ1v) is 8.02. The molecule has 0 radical (unpaired) electrons. The van der Waals surface area contributed by atoms with Crippen LogP contribution in [-0.4, -0.2) is 29.4 Å². The minimum Gasteiger partial charge on any atom is -0.464 e. The molecule has 1 heterocycles. The Morgan fingerprint density at radius 2 is 1.91 bits per heavy atom. The molecule has 1 aliphatic heterocycles. The zero-order chi connectivity index (χ0) is 16.6. The molecule has 2 aromatic rings. The molecule has 3 atom stereocenters. The highest BCUT2D eigenvalue weighted by Gasteiger charge is 2.51. The van der Waals surface area contributed by atoms with Crippen molar-refractivity contribution >= 4 is 22.6 Å². The van der Waals surface area contributed by atoms with Crippen LogP contribution < -0.4 is 0 Å². The predicted molar refractivity (Wildman–Crippen MR) is 88.8 cm³/mol. The van der Waals surface area contributed by atoms with E-state index in [0.717, 1.165) is 16.3 Å². The largest absolute Gasteiger partial charge is 0.464 e. The van der Waals surface area contributed by atoms with Crippen molar-refractivity contribution in [3.8, 4) is 0 Å². The van der Waals surface area contributed by atoms with Crippen LogP contribution >= 0.6 is 0 Å². The van der Waals surface area contributed by atoms with E-state index in [-0.39, 0.29) is 23.8 Å². The summed E-state index contributed by atoms with van der Waals surface area (Å²) in [4.78, 5) is 26.0. The third kappa shape index (κ3) is 2.58. The fraction of sp³-hybridized carbons (Fsp3) is 0.368. The molecule has 4 nitrogen and oxygen atoms in total. The molecule has 1 fully saturated rings. The van der Waals surface area contributed by atoms with Gasteiger partial charge in [-0.3, -0.25) is 4.79 Å². The lowest BCUT2D eigenvalue weighted by Gasteiger charge is -2.47. The summed E-state index contributed by atoms with van der Waals surface area (Å²) in [6.07, 6.45) is 0. The van der Waals surface area contributed by atoms with Gasteiger partial charge in [0.2, 0.25) is 5.91 Å². The Morgan fingerprint density at radius 1 is 1.22 bits per heavy atom. The molecule has 1 aliphatic rings. The predicted octanol–water partition coefficient (Wildman–Crippen LogP) is 3.31. The molecule has 1 saturated heterocycles. The van der Waals surface area contributed by atoms with Crippen molar-refractivity contribution in [3.63, 3.8) is 0 Å². The van der Waals surface area contributed by atoms with E-state index < -0.39 is 6.04 Å². The summed E-state index contributed by atoms with van der Waals surface area (Å²) < 4.78 is 5.12. The monoisotopic (exact) mass is 311 g/mol. The highest BCUT2D eigenvalue weighted by molar-refractivity contribution is 5.97. The summed E-state index contributed by atoms with van der Waals surface area (Å²) in [5.74, 6) is -0.618. The van der Waals surface area contributed by atoms with Crippen molar-refractivity contribution in [2.75, 3.05) is 6.61 Å². The van der Waals surface area contributed by atoms with Crippen molar-refractivity contribution in [3.05, 3.63) is 48.0 Å². The standard InChI is InChI=1S/C19H21NO3/c1-4-23-19(22)17-12(2)18(21)20(17)13(3)15-10-9-14-7-5-6-8-16(14)11-15/h5-13,17H,4H2,1-3H3/t12?,13-,17-/m1/s1. The normalized spacial score (nSPS) is 21.9. The van der Waals surface area contributed by atoms with E-state index in [0.29, 0.717) is 6.61 Å². The number of esters is 1. The van der Waals surface area contributed by atoms with Gasteiger partial charge in [-0.1, -0.05) is 43.3 Å². The number of carbonyl (C=O) groups is 2. The number of β-lactam (4-membered cyclic amide) rings is 1. The second-order valence-electron chi connectivity index (χ2n) is 6.01. The molecule has 2 aromatic carbocycles. The van der Waals surface area contributed by atoms with Gasteiger partial charge in [-0.25, -0.2) is 4.79 Å². The maximum absolute atomic E-state index is 12.3. The van der Waals surface area contributed by atoms with Crippen LogP contribution in [0.4, 0.5) is 0 Å². The summed E-state index contributed by atoms with van der Waals surface area (Å²) in [5.41, 5.74) is 1.03. The van der Waals surface area contributed by atoms with Crippen LogP contribution in [0.1, 0.15) is 32.4 Å². The van der Waals surface area contributed by atoms with Crippen LogP contribution in [0, 0.1) is 5.92 Å². The molecule has 1 unspecified atom stereocenters. The minimum absolute atomic E-state index is 0.00344. The van der Waals surface area contributed by atoms with Gasteiger partial charge in [-0.2, -0.15) is 0 Å². The molecular formula is C19H21NO3. The zero-order valence-corrected chi connectivity index (χ0v) is 13.7. The number of hydrogen-bond acceptors (Lipinski definition) is 3. The minimum atomic E-state index is -0.482. The Labute approximate surface area is 136 Å². The first-order chi connectivity index (χ1) is 11.0. The van der Waals surface area contributed by atoms with Crippen LogP contribution in [0.15, 0.2) is 42.5 Å². The maximum Gasteiger partial charge on any atom is 0.329 e. The van der Waals surface area contributed by atoms with Crippen molar-refractivity contribution in [2.24, 2.45) is 5.92 Å². The van der Waals surface area contributed by atoms with Gasteiger partial charge in [-0.15, -0.1) is 0 Å². The number of likely N-dealkylation sites (tertiary alicyclic amines) is 1. The molecule has 0 bridgehead atoms. The van der Waals surface area contributed by atoms with Gasteiger partial charge in [0.05, 0.1) is 18.6 Å². The van der Waals surface area contributed by atoms with Gasteiger partial charge in [0.1, 0.15) is 6.04 Å². The van der Waals surface area contributed by atoms with Gasteiger partial charge in [0, 0.05) is 0 Å². The lowest BCUT2D eigenvalue weighted by atomic mass is 9.85. The van der Waals surface area contributed by atoms with Crippen LogP contribution in [0.25, 0.3) is 10.8 Å². The Balaban J connectivity index is 1.89. The molecule has 1 amide bonds. The number of rotatable bonds is 4. The average Bonchev–Trinajstić information content (AvgIpc) is 2.57. The van der Waals surface area contributed by atoms with Crippen molar-refractivity contribution < 1.29 is 14.3 Å². The smallest absolute Gasteiger partial charge is 0.329 e. The number of carbonyl (C=O) groups excluding carboxylic acids is 2. The zero-order valence-electron chi connectivity index (χ0n) is 13.7. The Hall–Kier alpha value is -2.36. The summed E-state index contributed by atoms with van der Waals surface area (Å²) in [6.45, 7) is 5.85. The second kappa shape index (κ2) is 6.03. The summed E-state index contributed by atoms with van der Waals surface area (Å²) in [6, 6.07) is 13.6. The van der Waals surface area contributed by atoms with E-state index >= 15 is 0 Å². The van der Waals surface area contributed by atoms with Crippen molar-refractivity contribution in [1.29, 1.82) is 0 Å². The molecule has 23 heavy (non-hydrogen) atoms. The van der Waals surface area contributed by atoms with Gasteiger partial charge in [0.25, 0.3) is 0 Å². The Bertz CT molecular complexity index is 755. The number of hydrogen-bond donors (Lipinski definition) is 0.